The van der Waals surface area contributed by atoms with Gasteiger partial charge in [-0.05, 0) is 39.5 Å². The van der Waals surface area contributed by atoms with E-state index in [0.29, 0.717) is 0 Å². The van der Waals surface area contributed by atoms with Crippen molar-refractivity contribution in [3.63, 3.8) is 0 Å². The highest BCUT2D eigenvalue weighted by Crippen LogP contribution is 2.54. The van der Waals surface area contributed by atoms with Crippen LogP contribution in [0.2, 0.25) is 0 Å². The normalized spacial score (nSPS) is 19.9. The summed E-state index contributed by atoms with van der Waals surface area (Å²) in [6.45, 7) is 9.75. The molecule has 2 amide bonds. The number of carbonyl (C=O) groups excluding carboxylic acids is 2. The van der Waals surface area contributed by atoms with Crippen LogP contribution in [0, 0.1) is 17.3 Å². The summed E-state index contributed by atoms with van der Waals surface area (Å²) in [6, 6.07) is 0. The monoisotopic (exact) mass is 240 g/mol. The van der Waals surface area contributed by atoms with Gasteiger partial charge in [-0.15, -0.1) is 0 Å². The minimum absolute atomic E-state index is 0.0520. The van der Waals surface area contributed by atoms with Crippen LogP contribution in [0.1, 0.15) is 47.5 Å². The summed E-state index contributed by atoms with van der Waals surface area (Å²) in [6.07, 6.45) is 1.48. The van der Waals surface area contributed by atoms with Gasteiger partial charge in [-0.25, -0.2) is 0 Å². The van der Waals surface area contributed by atoms with Crippen LogP contribution in [0.15, 0.2) is 0 Å². The molecule has 0 radical (unpaired) electrons. The molecule has 3 N–H and O–H groups in total. The number of rotatable bonds is 4. The largest absolute Gasteiger partial charge is 0.369 e. The average molecular weight is 240 g/mol. The van der Waals surface area contributed by atoms with Crippen LogP contribution in [-0.4, -0.2) is 17.4 Å². The minimum atomic E-state index is -0.594. The van der Waals surface area contributed by atoms with Gasteiger partial charge < -0.3 is 11.1 Å². The molecular formula is C13H24N2O2. The first kappa shape index (κ1) is 14.0. The van der Waals surface area contributed by atoms with Crippen molar-refractivity contribution >= 4 is 11.8 Å². The zero-order chi connectivity index (χ0) is 13.4. The highest BCUT2D eigenvalue weighted by atomic mass is 16.2. The maximum absolute atomic E-state index is 12.3. The molecule has 0 spiro atoms. The fraction of sp³-hybridized carbons (Fsp3) is 0.846. The summed E-state index contributed by atoms with van der Waals surface area (Å²) >= 11 is 0. The van der Waals surface area contributed by atoms with Crippen molar-refractivity contribution in [2.45, 2.75) is 53.0 Å². The number of nitrogens with one attached hydrogen (secondary N) is 1. The lowest BCUT2D eigenvalue weighted by molar-refractivity contribution is -0.137. The number of primary amides is 1. The van der Waals surface area contributed by atoms with E-state index in [-0.39, 0.29) is 29.2 Å². The fourth-order valence-corrected chi connectivity index (χ4v) is 2.48. The molecule has 4 heteroatoms. The van der Waals surface area contributed by atoms with Crippen molar-refractivity contribution < 1.29 is 9.59 Å². The average Bonchev–Trinajstić information content (AvgIpc) is 2.80. The standard InChI is InChI=1S/C13H24N2O2/c1-8(2)9(10(16)15-12(3,4)5)13(6-7-13)11(14)17/h8-9H,6-7H2,1-5H3,(H2,14,17)(H,15,16). The number of carbonyl (C=O) groups is 2. The molecule has 1 atom stereocenters. The van der Waals surface area contributed by atoms with Crippen LogP contribution in [0.4, 0.5) is 0 Å². The molecule has 4 nitrogen and oxygen atoms in total. The Morgan fingerprint density at radius 2 is 1.71 bits per heavy atom. The molecule has 1 unspecified atom stereocenters. The molecule has 0 aromatic carbocycles. The maximum Gasteiger partial charge on any atom is 0.224 e. The molecule has 17 heavy (non-hydrogen) atoms. The summed E-state index contributed by atoms with van der Waals surface area (Å²) in [5.41, 5.74) is 4.58. The predicted molar refractivity (Wildman–Crippen MR) is 67.1 cm³/mol. The number of hydrogen-bond donors (Lipinski definition) is 2. The second kappa shape index (κ2) is 4.31. The Hall–Kier alpha value is -1.06. The van der Waals surface area contributed by atoms with E-state index in [9.17, 15) is 9.59 Å². The molecule has 0 aromatic heterocycles. The van der Waals surface area contributed by atoms with Gasteiger partial charge in [0.15, 0.2) is 0 Å². The number of hydrogen-bond acceptors (Lipinski definition) is 2. The van der Waals surface area contributed by atoms with Gasteiger partial charge in [-0.1, -0.05) is 13.8 Å². The summed E-state index contributed by atoms with van der Waals surface area (Å²) in [5.74, 6) is -0.573. The topological polar surface area (TPSA) is 72.2 Å². The van der Waals surface area contributed by atoms with Crippen LogP contribution in [0.5, 0.6) is 0 Å². The summed E-state index contributed by atoms with van der Waals surface area (Å²) in [7, 11) is 0. The zero-order valence-corrected chi connectivity index (χ0v) is 11.5. The third-order valence-electron chi connectivity index (χ3n) is 3.32. The molecule has 0 aliphatic heterocycles. The maximum atomic E-state index is 12.3. The van der Waals surface area contributed by atoms with Crippen LogP contribution in [0.25, 0.3) is 0 Å². The van der Waals surface area contributed by atoms with E-state index in [2.05, 4.69) is 5.32 Å². The second-order valence-corrected chi connectivity index (χ2v) is 6.48. The Labute approximate surface area is 103 Å². The Morgan fingerprint density at radius 1 is 1.24 bits per heavy atom. The zero-order valence-electron chi connectivity index (χ0n) is 11.5. The number of nitrogens with two attached hydrogens (primary N) is 1. The molecule has 1 fully saturated rings. The van der Waals surface area contributed by atoms with Crippen molar-refractivity contribution in [1.29, 1.82) is 0 Å². The van der Waals surface area contributed by atoms with Crippen molar-refractivity contribution in [2.75, 3.05) is 0 Å². The van der Waals surface area contributed by atoms with E-state index in [1.54, 1.807) is 0 Å². The Kier molecular flexibility index (Phi) is 3.55. The Bertz CT molecular complexity index is 325. The van der Waals surface area contributed by atoms with Crippen LogP contribution >= 0.6 is 0 Å². The quantitative estimate of drug-likeness (QED) is 0.780. The van der Waals surface area contributed by atoms with Gasteiger partial charge in [0, 0.05) is 5.54 Å². The molecule has 1 rings (SSSR count). The van der Waals surface area contributed by atoms with Crippen molar-refractivity contribution in [2.24, 2.45) is 23.0 Å². The van der Waals surface area contributed by atoms with E-state index in [4.69, 9.17) is 5.73 Å². The summed E-state index contributed by atoms with van der Waals surface area (Å²) in [4.78, 5) is 23.8. The smallest absolute Gasteiger partial charge is 0.224 e. The van der Waals surface area contributed by atoms with Crippen molar-refractivity contribution in [3.05, 3.63) is 0 Å². The van der Waals surface area contributed by atoms with Gasteiger partial charge >= 0.3 is 0 Å². The van der Waals surface area contributed by atoms with E-state index >= 15 is 0 Å². The third-order valence-corrected chi connectivity index (χ3v) is 3.32. The van der Waals surface area contributed by atoms with Gasteiger partial charge in [-0.2, -0.15) is 0 Å². The third kappa shape index (κ3) is 2.99. The lowest BCUT2D eigenvalue weighted by Crippen LogP contribution is -2.50. The SMILES string of the molecule is CC(C)C(C(=O)NC(C)(C)C)C1(C(N)=O)CC1. The van der Waals surface area contributed by atoms with Crippen molar-refractivity contribution in [1.82, 2.24) is 5.32 Å². The first-order valence-corrected chi connectivity index (χ1v) is 6.22. The highest BCUT2D eigenvalue weighted by Gasteiger charge is 2.58. The highest BCUT2D eigenvalue weighted by molar-refractivity contribution is 5.92. The lowest BCUT2D eigenvalue weighted by atomic mass is 9.79. The molecule has 1 aliphatic carbocycles. The van der Waals surface area contributed by atoms with Gasteiger partial charge in [-0.3, -0.25) is 9.59 Å². The molecule has 1 saturated carbocycles. The van der Waals surface area contributed by atoms with E-state index < -0.39 is 5.41 Å². The molecule has 0 heterocycles. The van der Waals surface area contributed by atoms with Crippen LogP contribution in [0.3, 0.4) is 0 Å². The summed E-state index contributed by atoms with van der Waals surface area (Å²) in [5, 5.41) is 2.95. The molecule has 0 bridgehead atoms. The Balaban J connectivity index is 2.88. The number of amides is 2. The lowest BCUT2D eigenvalue weighted by Gasteiger charge is -2.31. The molecule has 1 aliphatic rings. The van der Waals surface area contributed by atoms with Crippen molar-refractivity contribution in [3.8, 4) is 0 Å². The Morgan fingerprint density at radius 3 is 1.94 bits per heavy atom. The molecule has 0 aromatic rings. The fourth-order valence-electron chi connectivity index (χ4n) is 2.48. The molecule has 98 valence electrons. The minimum Gasteiger partial charge on any atom is -0.369 e. The van der Waals surface area contributed by atoms with E-state index in [1.807, 2.05) is 34.6 Å². The molecular weight excluding hydrogens is 216 g/mol. The van der Waals surface area contributed by atoms with Crippen LogP contribution < -0.4 is 11.1 Å². The first-order chi connectivity index (χ1) is 7.60. The van der Waals surface area contributed by atoms with Gasteiger partial charge in [0.05, 0.1) is 11.3 Å². The van der Waals surface area contributed by atoms with E-state index in [1.165, 1.54) is 0 Å². The summed E-state index contributed by atoms with van der Waals surface area (Å²) < 4.78 is 0. The van der Waals surface area contributed by atoms with Gasteiger partial charge in [0.2, 0.25) is 11.8 Å². The van der Waals surface area contributed by atoms with Gasteiger partial charge in [0.25, 0.3) is 0 Å². The molecule has 0 saturated heterocycles. The van der Waals surface area contributed by atoms with E-state index in [0.717, 1.165) is 12.8 Å². The first-order valence-electron chi connectivity index (χ1n) is 6.22. The van der Waals surface area contributed by atoms with Crippen LogP contribution in [-0.2, 0) is 9.59 Å². The van der Waals surface area contributed by atoms with Gasteiger partial charge in [0.1, 0.15) is 0 Å². The predicted octanol–water partition coefficient (Wildman–Crippen LogP) is 1.44. The second-order valence-electron chi connectivity index (χ2n) is 6.48.